The summed E-state index contributed by atoms with van der Waals surface area (Å²) in [5, 5.41) is 67.1. The molecule has 4 amide bonds. The maximum atomic E-state index is 15.1. The van der Waals surface area contributed by atoms with Gasteiger partial charge in [-0.15, -0.1) is 0 Å². The van der Waals surface area contributed by atoms with E-state index in [1.54, 1.807) is 4.90 Å². The van der Waals surface area contributed by atoms with Gasteiger partial charge in [0.2, 0.25) is 23.6 Å². The number of piperazine rings is 1. The topological polar surface area (TPSA) is 369 Å². The van der Waals surface area contributed by atoms with Crippen LogP contribution in [0.1, 0.15) is 26.2 Å². The van der Waals surface area contributed by atoms with Crippen LogP contribution >= 0.6 is 0 Å². The van der Waals surface area contributed by atoms with Gasteiger partial charge < -0.3 is 66.1 Å². The predicted octanol–water partition coefficient (Wildman–Crippen LogP) is -2.00. The minimum absolute atomic E-state index is 0.0132. The second-order valence-electron chi connectivity index (χ2n) is 20.6. The van der Waals surface area contributed by atoms with Crippen molar-refractivity contribution in [2.45, 2.75) is 116 Å². The summed E-state index contributed by atoms with van der Waals surface area (Å²) in [6, 6.07) is -2.95. The number of unbranched alkanes of at least 4 members (excludes halogenated alkanes) is 1. The van der Waals surface area contributed by atoms with Gasteiger partial charge in [0.25, 0.3) is 10.0 Å². The molecule has 3 rings (SSSR count). The van der Waals surface area contributed by atoms with Crippen LogP contribution in [0, 0.1) is 0 Å². The number of alkyl halides is 17. The van der Waals surface area contributed by atoms with Gasteiger partial charge in [0.1, 0.15) is 37.1 Å². The average molecular weight is 1370 g/mol. The summed E-state index contributed by atoms with van der Waals surface area (Å²) in [5.41, 5.74) is 0. The minimum atomic E-state index is -9.07. The number of carbonyl (C=O) groups is 7. The molecule has 0 spiro atoms. The highest BCUT2D eigenvalue weighted by Gasteiger charge is 2.96. The standard InChI is InChI=1S/C45H64F17N9O18S/c1-24(69-12-10-67(20-30(77)78)8-6-66(19-29(75)76)7-9-68(11-13-69)21-31(79)80)35(84)64-18-27(73)63-5-3-2-4-25(65-28(74)23-88-37-34(83)33(82)32(81)26(22-72)89-37)36(85)70-14-16-71(17-15-70)90(86,87)45(61,62)43(56,57)41(52,53)39(48,49)38(46,47)40(50,51)42(54,55)44(58,59)60/h24-26,32-34,37,72,81-83H,2-23H2,1H3,(H,63,73)(H,64,84)(H,65,74)(H,75,76)(H,77,78)(H,79,80)/t24?,25?,26-,32-,33+,34+,37?/m1/s1. The number of sulfonamides is 1. The Labute approximate surface area is 497 Å². The summed E-state index contributed by atoms with van der Waals surface area (Å²) in [4.78, 5) is 94.5. The molecule has 3 saturated heterocycles. The Balaban J connectivity index is 1.76. The first kappa shape index (κ1) is 78.9. The van der Waals surface area contributed by atoms with E-state index >= 15 is 8.78 Å². The highest BCUT2D eigenvalue weighted by Crippen LogP contribution is 2.64. The van der Waals surface area contributed by atoms with Gasteiger partial charge in [0.05, 0.1) is 38.8 Å². The Morgan fingerprint density at radius 1 is 0.567 bits per heavy atom. The smallest absolute Gasteiger partial charge is 0.460 e. The second kappa shape index (κ2) is 31.0. The fraction of sp³-hybridized carbons (Fsp3) is 0.844. The number of hydrogen-bond acceptors (Lipinski definition) is 19. The first-order valence-corrected chi connectivity index (χ1v) is 27.9. The summed E-state index contributed by atoms with van der Waals surface area (Å²) in [6.45, 7) is -8.98. The first-order valence-electron chi connectivity index (χ1n) is 26.4. The normalized spacial score (nSPS) is 23.0. The molecule has 0 bridgehead atoms. The molecule has 3 unspecified atom stereocenters. The second-order valence-corrected chi connectivity index (χ2v) is 22.6. The van der Waals surface area contributed by atoms with Crippen LogP contribution in [0.15, 0.2) is 0 Å². The monoisotopic (exact) mass is 1370 g/mol. The Bertz CT molecular complexity index is 2570. The Morgan fingerprint density at radius 2 is 1.00 bits per heavy atom. The van der Waals surface area contributed by atoms with Crippen LogP contribution in [-0.2, 0) is 53.1 Å². The third kappa shape index (κ3) is 18.0. The number of aliphatic hydroxyl groups is 4. The minimum Gasteiger partial charge on any atom is -0.480 e. The zero-order valence-electron chi connectivity index (χ0n) is 46.7. The predicted molar refractivity (Wildman–Crippen MR) is 263 cm³/mol. The molecule has 3 heterocycles. The van der Waals surface area contributed by atoms with Crippen molar-refractivity contribution in [3.05, 3.63) is 0 Å². The zero-order valence-corrected chi connectivity index (χ0v) is 47.6. The van der Waals surface area contributed by atoms with Gasteiger partial charge in [-0.2, -0.15) is 78.9 Å². The molecule has 3 aliphatic heterocycles. The van der Waals surface area contributed by atoms with Crippen molar-refractivity contribution in [3.8, 4) is 0 Å². The Morgan fingerprint density at radius 3 is 1.43 bits per heavy atom. The number of nitrogens with zero attached hydrogens (tertiary/aromatic N) is 6. The van der Waals surface area contributed by atoms with Crippen molar-refractivity contribution in [2.24, 2.45) is 0 Å². The molecule has 0 saturated carbocycles. The van der Waals surface area contributed by atoms with Crippen LogP contribution in [0.2, 0.25) is 0 Å². The van der Waals surface area contributed by atoms with Crippen LogP contribution in [0.25, 0.3) is 0 Å². The molecule has 0 aromatic heterocycles. The summed E-state index contributed by atoms with van der Waals surface area (Å²) in [5.74, 6) is -60.9. The van der Waals surface area contributed by atoms with Crippen molar-refractivity contribution >= 4 is 51.6 Å². The number of ether oxygens (including phenoxy) is 2. The molecule has 522 valence electrons. The van der Waals surface area contributed by atoms with E-state index in [1.165, 1.54) is 21.6 Å². The number of carboxylic acid groups (broad SMARTS) is 3. The SMILES string of the molecule is CC(C(=O)NCC(=O)NCCCCC(NC(=O)COC1O[C@H](CO)[C@@H](O)[C@H](O)[C@@H]1O)C(=O)N1CCN(S(=O)(=O)C(F)(F)C(F)(F)C(F)(F)C(F)(F)C(F)(F)C(F)(F)C(F)(F)C(F)(F)F)CC1)N1CCN(CC(=O)O)CCN(CC(=O)O)CCN(CC(=O)O)CC1. The van der Waals surface area contributed by atoms with Crippen molar-refractivity contribution < 1.29 is 162 Å². The number of rotatable bonds is 29. The zero-order chi connectivity index (χ0) is 69.1. The van der Waals surface area contributed by atoms with Crippen LogP contribution in [-0.4, -0.2) is 329 Å². The van der Waals surface area contributed by atoms with Gasteiger partial charge in [-0.05, 0) is 26.2 Å². The molecule has 3 fully saturated rings. The highest BCUT2D eigenvalue weighted by molar-refractivity contribution is 7.90. The van der Waals surface area contributed by atoms with Crippen LogP contribution in [0.4, 0.5) is 74.6 Å². The summed E-state index contributed by atoms with van der Waals surface area (Å²) >= 11 is 0. The van der Waals surface area contributed by atoms with Gasteiger partial charge in [0.15, 0.2) is 6.29 Å². The molecule has 27 nitrogen and oxygen atoms in total. The lowest BCUT2D eigenvalue weighted by atomic mass is 9.91. The van der Waals surface area contributed by atoms with E-state index in [4.69, 9.17) is 9.47 Å². The fourth-order valence-corrected chi connectivity index (χ4v) is 10.4. The molecule has 0 aliphatic carbocycles. The van der Waals surface area contributed by atoms with Crippen molar-refractivity contribution in [1.29, 1.82) is 0 Å². The molecule has 0 aromatic rings. The molecule has 3 aliphatic rings. The molecule has 7 atom stereocenters. The number of carboxylic acids is 3. The third-order valence-corrected chi connectivity index (χ3v) is 16.3. The molecule has 0 radical (unpaired) electrons. The average Bonchev–Trinajstić information content (AvgIpc) is 0.692. The van der Waals surface area contributed by atoms with Crippen LogP contribution in [0.5, 0.6) is 0 Å². The molecular weight excluding hydrogens is 1310 g/mol. The number of carbonyl (C=O) groups excluding carboxylic acids is 4. The molecule has 45 heteroatoms. The summed E-state index contributed by atoms with van der Waals surface area (Å²) in [6.07, 6.45) is -18.6. The summed E-state index contributed by atoms with van der Waals surface area (Å²) in [7, 11) is -7.73. The van der Waals surface area contributed by atoms with Gasteiger partial charge >= 0.3 is 64.9 Å². The van der Waals surface area contributed by atoms with E-state index < -0.39 is 218 Å². The van der Waals surface area contributed by atoms with Crippen LogP contribution < -0.4 is 16.0 Å². The lowest BCUT2D eigenvalue weighted by molar-refractivity contribution is -0.458. The number of halogens is 17. The van der Waals surface area contributed by atoms with Crippen LogP contribution in [0.3, 0.4) is 0 Å². The van der Waals surface area contributed by atoms with Crippen molar-refractivity contribution in [3.63, 3.8) is 0 Å². The Hall–Kier alpha value is -5.39. The largest absolute Gasteiger partial charge is 0.480 e. The number of nitrogens with one attached hydrogen (secondary N) is 3. The lowest BCUT2D eigenvalue weighted by Gasteiger charge is -2.43. The highest BCUT2D eigenvalue weighted by atomic mass is 32.2. The van der Waals surface area contributed by atoms with E-state index in [9.17, 15) is 144 Å². The maximum Gasteiger partial charge on any atom is 0.460 e. The van der Waals surface area contributed by atoms with Gasteiger partial charge in [-0.25, -0.2) is 8.42 Å². The lowest BCUT2D eigenvalue weighted by Crippen LogP contribution is -2.75. The number of aliphatic carboxylic acids is 3. The van der Waals surface area contributed by atoms with Crippen molar-refractivity contribution in [2.75, 3.05) is 124 Å². The van der Waals surface area contributed by atoms with Gasteiger partial charge in [0, 0.05) is 85.1 Å². The first-order chi connectivity index (χ1) is 41.1. The molecule has 10 N–H and O–H groups in total. The number of aliphatic hydroxyl groups excluding tert-OH is 4. The van der Waals surface area contributed by atoms with E-state index in [-0.39, 0.29) is 71.7 Å². The number of hydrogen-bond donors (Lipinski definition) is 10. The number of amides is 4. The summed E-state index contributed by atoms with van der Waals surface area (Å²) < 4.78 is 272. The van der Waals surface area contributed by atoms with E-state index in [0.29, 0.717) is 4.90 Å². The third-order valence-electron chi connectivity index (χ3n) is 14.3. The van der Waals surface area contributed by atoms with E-state index in [2.05, 4.69) is 16.0 Å². The molecular formula is C45H64F17N9O18S. The quantitative estimate of drug-likeness (QED) is 0.0286. The van der Waals surface area contributed by atoms with Gasteiger partial charge in [-0.1, -0.05) is 0 Å². The molecule has 0 aromatic carbocycles. The Kier molecular flexibility index (Phi) is 27.2. The van der Waals surface area contributed by atoms with Crippen molar-refractivity contribution in [1.82, 2.24) is 44.8 Å². The van der Waals surface area contributed by atoms with E-state index in [1.807, 2.05) is 0 Å². The maximum absolute atomic E-state index is 15.1. The fourth-order valence-electron chi connectivity index (χ4n) is 8.93. The van der Waals surface area contributed by atoms with Gasteiger partial charge in [-0.3, -0.25) is 53.2 Å². The molecule has 90 heavy (non-hydrogen) atoms. The van der Waals surface area contributed by atoms with E-state index in [0.717, 1.165) is 0 Å².